The first-order chi connectivity index (χ1) is 8.76. The summed E-state index contributed by atoms with van der Waals surface area (Å²) in [5.41, 5.74) is 0. The molecule has 0 bridgehead atoms. The van der Waals surface area contributed by atoms with E-state index in [-0.39, 0.29) is 26.4 Å². The standard InChI is InChI=1S/C13H18O4Se/c1-16-13(15)17-10-12(8-5-9-14)18-11-6-3-2-4-7-11/h2-4,6-7,12,14H,5,8-10H2,1H3. The van der Waals surface area contributed by atoms with Crippen molar-refractivity contribution in [3.63, 3.8) is 0 Å². The van der Waals surface area contributed by atoms with E-state index in [2.05, 4.69) is 16.9 Å². The molecule has 1 rings (SSSR count). The molecule has 1 unspecified atom stereocenters. The average molecular weight is 317 g/mol. The van der Waals surface area contributed by atoms with Crippen LogP contribution in [-0.4, -0.2) is 46.5 Å². The Morgan fingerprint density at radius 2 is 2.11 bits per heavy atom. The summed E-state index contributed by atoms with van der Waals surface area (Å²) in [4.78, 5) is 11.2. The van der Waals surface area contributed by atoms with E-state index in [9.17, 15) is 4.79 Å². The van der Waals surface area contributed by atoms with Gasteiger partial charge in [0.2, 0.25) is 0 Å². The molecule has 0 aromatic heterocycles. The van der Waals surface area contributed by atoms with Gasteiger partial charge in [-0.05, 0) is 0 Å². The van der Waals surface area contributed by atoms with Crippen LogP contribution in [0.2, 0.25) is 4.82 Å². The van der Waals surface area contributed by atoms with E-state index in [0.29, 0.717) is 6.61 Å². The third-order valence-corrected chi connectivity index (χ3v) is 4.91. The molecular weight excluding hydrogens is 299 g/mol. The molecule has 4 nitrogen and oxygen atoms in total. The van der Waals surface area contributed by atoms with E-state index in [1.165, 1.54) is 11.6 Å². The van der Waals surface area contributed by atoms with Crippen LogP contribution in [0, 0.1) is 0 Å². The summed E-state index contributed by atoms with van der Waals surface area (Å²) in [5.74, 6) is 0. The summed E-state index contributed by atoms with van der Waals surface area (Å²) < 4.78 is 10.7. The van der Waals surface area contributed by atoms with Gasteiger partial charge in [-0.2, -0.15) is 0 Å². The summed E-state index contributed by atoms with van der Waals surface area (Å²) in [6.07, 6.45) is 0.930. The number of benzene rings is 1. The minimum atomic E-state index is -0.645. The van der Waals surface area contributed by atoms with Gasteiger partial charge >= 0.3 is 113 Å². The molecule has 0 radical (unpaired) electrons. The van der Waals surface area contributed by atoms with Gasteiger partial charge in [0.15, 0.2) is 0 Å². The van der Waals surface area contributed by atoms with Crippen LogP contribution < -0.4 is 4.46 Å². The van der Waals surface area contributed by atoms with E-state index >= 15 is 0 Å². The fourth-order valence-electron chi connectivity index (χ4n) is 1.41. The zero-order valence-corrected chi connectivity index (χ0v) is 12.1. The molecule has 0 fully saturated rings. The van der Waals surface area contributed by atoms with Crippen molar-refractivity contribution in [2.45, 2.75) is 17.7 Å². The molecule has 0 aliphatic rings. The first kappa shape index (κ1) is 15.0. The third-order valence-electron chi connectivity index (χ3n) is 2.28. The quantitative estimate of drug-likeness (QED) is 0.609. The number of aliphatic hydroxyl groups excluding tert-OH is 1. The molecule has 100 valence electrons. The topological polar surface area (TPSA) is 55.8 Å². The molecule has 0 amide bonds. The van der Waals surface area contributed by atoms with Crippen LogP contribution in [0.3, 0.4) is 0 Å². The predicted octanol–water partition coefficient (Wildman–Crippen LogP) is 1.36. The molecule has 18 heavy (non-hydrogen) atoms. The number of hydrogen-bond donors (Lipinski definition) is 1. The normalized spacial score (nSPS) is 11.9. The Labute approximate surface area is 113 Å². The SMILES string of the molecule is COC(=O)OCC(CCCO)[Se]c1ccccc1. The van der Waals surface area contributed by atoms with Gasteiger partial charge in [0.25, 0.3) is 0 Å². The summed E-state index contributed by atoms with van der Waals surface area (Å²) in [7, 11) is 1.30. The number of ether oxygens (including phenoxy) is 2. The minimum absolute atomic E-state index is 0.166. The van der Waals surface area contributed by atoms with E-state index in [1.807, 2.05) is 18.2 Å². The first-order valence-electron chi connectivity index (χ1n) is 5.79. The molecule has 5 heteroatoms. The number of carbonyl (C=O) groups is 1. The van der Waals surface area contributed by atoms with Crippen LogP contribution in [0.4, 0.5) is 4.79 Å². The van der Waals surface area contributed by atoms with Crippen molar-refractivity contribution in [3.8, 4) is 0 Å². The monoisotopic (exact) mass is 318 g/mol. The second-order valence-corrected chi connectivity index (χ2v) is 6.57. The van der Waals surface area contributed by atoms with Gasteiger partial charge in [0, 0.05) is 0 Å². The molecule has 0 aliphatic carbocycles. The van der Waals surface area contributed by atoms with Gasteiger partial charge in [-0.3, -0.25) is 0 Å². The zero-order valence-electron chi connectivity index (χ0n) is 10.4. The Bertz CT molecular complexity index is 342. The molecule has 1 aromatic rings. The molecule has 1 atom stereocenters. The molecule has 0 heterocycles. The fourth-order valence-corrected chi connectivity index (χ4v) is 3.76. The molecule has 0 saturated heterocycles. The fraction of sp³-hybridized carbons (Fsp3) is 0.462. The van der Waals surface area contributed by atoms with Crippen molar-refractivity contribution in [1.82, 2.24) is 0 Å². The number of aliphatic hydroxyl groups is 1. The summed E-state index contributed by atoms with van der Waals surface area (Å²) in [5, 5.41) is 8.88. The van der Waals surface area contributed by atoms with Gasteiger partial charge in [0.1, 0.15) is 0 Å². The second kappa shape index (κ2) is 8.97. The predicted molar refractivity (Wildman–Crippen MR) is 70.3 cm³/mol. The van der Waals surface area contributed by atoms with E-state index in [0.717, 1.165) is 12.8 Å². The van der Waals surface area contributed by atoms with E-state index in [4.69, 9.17) is 9.84 Å². The van der Waals surface area contributed by atoms with Crippen LogP contribution in [-0.2, 0) is 9.47 Å². The van der Waals surface area contributed by atoms with Crippen LogP contribution >= 0.6 is 0 Å². The Morgan fingerprint density at radius 1 is 1.39 bits per heavy atom. The average Bonchev–Trinajstić information content (AvgIpc) is 2.42. The Morgan fingerprint density at radius 3 is 2.72 bits per heavy atom. The summed E-state index contributed by atoms with van der Waals surface area (Å²) in [6, 6.07) is 10.1. The van der Waals surface area contributed by atoms with Crippen molar-refractivity contribution in [1.29, 1.82) is 0 Å². The third kappa shape index (κ3) is 6.05. The van der Waals surface area contributed by atoms with E-state index < -0.39 is 6.16 Å². The molecule has 1 N–H and O–H groups in total. The Kier molecular flexibility index (Phi) is 7.49. The van der Waals surface area contributed by atoms with Crippen LogP contribution in [0.15, 0.2) is 30.3 Å². The van der Waals surface area contributed by atoms with Crippen LogP contribution in [0.1, 0.15) is 12.8 Å². The molecule has 0 aliphatic heterocycles. The zero-order chi connectivity index (χ0) is 13.2. The first-order valence-corrected chi connectivity index (χ1v) is 7.64. The second-order valence-electron chi connectivity index (χ2n) is 3.68. The van der Waals surface area contributed by atoms with Crippen molar-refractivity contribution in [2.75, 3.05) is 20.3 Å². The van der Waals surface area contributed by atoms with Gasteiger partial charge in [-0.1, -0.05) is 0 Å². The van der Waals surface area contributed by atoms with Crippen molar-refractivity contribution < 1.29 is 19.4 Å². The van der Waals surface area contributed by atoms with E-state index in [1.54, 1.807) is 0 Å². The number of methoxy groups -OCH3 is 1. The maximum atomic E-state index is 11.0. The Balaban J connectivity index is 2.47. The van der Waals surface area contributed by atoms with Crippen LogP contribution in [0.25, 0.3) is 0 Å². The summed E-state index contributed by atoms with van der Waals surface area (Å²) in [6.45, 7) is 0.515. The Hall–Kier alpha value is -1.03. The molecule has 0 spiro atoms. The van der Waals surface area contributed by atoms with Gasteiger partial charge in [-0.25, -0.2) is 0 Å². The number of carbonyl (C=O) groups excluding carboxylic acids is 1. The molecular formula is C13H18O4Se. The molecule has 1 aromatic carbocycles. The van der Waals surface area contributed by atoms with Crippen molar-refractivity contribution >= 4 is 25.6 Å². The van der Waals surface area contributed by atoms with Gasteiger partial charge in [-0.15, -0.1) is 0 Å². The number of hydrogen-bond acceptors (Lipinski definition) is 4. The van der Waals surface area contributed by atoms with Crippen LogP contribution in [0.5, 0.6) is 0 Å². The van der Waals surface area contributed by atoms with Crippen molar-refractivity contribution in [2.24, 2.45) is 0 Å². The van der Waals surface area contributed by atoms with Gasteiger partial charge in [0.05, 0.1) is 0 Å². The van der Waals surface area contributed by atoms with Gasteiger partial charge < -0.3 is 0 Å². The maximum absolute atomic E-state index is 11.0. The molecule has 0 saturated carbocycles. The summed E-state index contributed by atoms with van der Waals surface area (Å²) >= 11 is 0.227. The van der Waals surface area contributed by atoms with Crippen molar-refractivity contribution in [3.05, 3.63) is 30.3 Å². The number of rotatable bonds is 7.